The largest absolute Gasteiger partial charge is 0.468 e. The Bertz CT molecular complexity index is 2280. The van der Waals surface area contributed by atoms with Gasteiger partial charge in [0.25, 0.3) is 0 Å². The fourth-order valence-corrected chi connectivity index (χ4v) is 8.69. The molecule has 2 N–H and O–H groups in total. The Morgan fingerprint density at radius 2 is 1.45 bits per heavy atom. The van der Waals surface area contributed by atoms with Crippen LogP contribution in [0.4, 0.5) is 5.69 Å². The molecule has 2 saturated heterocycles. The molecule has 51 heavy (non-hydrogen) atoms. The van der Waals surface area contributed by atoms with Crippen LogP contribution in [0, 0.1) is 17.3 Å². The molecular weight excluding hydrogens is 650 g/mol. The quantitative estimate of drug-likeness (QED) is 0.111. The molecule has 0 saturated carbocycles. The molecule has 4 atom stereocenters. The maximum absolute atomic E-state index is 14.9. The van der Waals surface area contributed by atoms with Gasteiger partial charge in [-0.25, -0.2) is 4.90 Å². The highest BCUT2D eigenvalue weighted by Gasteiger charge is 2.69. The lowest BCUT2D eigenvalue weighted by Gasteiger charge is -2.32. The van der Waals surface area contributed by atoms with E-state index in [1.54, 1.807) is 18.2 Å². The molecule has 2 aliphatic heterocycles. The molecule has 0 spiro atoms. The Labute approximate surface area is 292 Å². The molecule has 4 aromatic carbocycles. The van der Waals surface area contributed by atoms with Gasteiger partial charge < -0.3 is 19.2 Å². The average molecular weight is 686 g/mol. The first kappa shape index (κ1) is 32.4. The van der Waals surface area contributed by atoms with Crippen LogP contribution < -0.4 is 10.2 Å². The topological polar surface area (TPSA) is 144 Å². The van der Waals surface area contributed by atoms with Gasteiger partial charge in [-0.1, -0.05) is 60.7 Å². The molecule has 0 unspecified atom stereocenters. The smallest absolute Gasteiger partial charge is 0.327 e. The minimum atomic E-state index is -1.61. The number of benzene rings is 4. The summed E-state index contributed by atoms with van der Waals surface area (Å²) in [4.78, 5) is 74.0. The summed E-state index contributed by atoms with van der Waals surface area (Å²) in [7, 11) is 3.71. The Morgan fingerprint density at radius 1 is 0.765 bits per heavy atom. The third-order valence-corrected chi connectivity index (χ3v) is 11.1. The number of rotatable bonds is 7. The molecule has 2 fully saturated rings. The summed E-state index contributed by atoms with van der Waals surface area (Å²) in [5, 5.41) is 6.36. The molecule has 1 aromatic heterocycles. The van der Waals surface area contributed by atoms with Gasteiger partial charge in [-0.05, 0) is 70.1 Å². The lowest BCUT2D eigenvalue weighted by Crippen LogP contribution is -2.57. The zero-order valence-corrected chi connectivity index (χ0v) is 28.2. The Morgan fingerprint density at radius 3 is 2.20 bits per heavy atom. The number of imide groups is 1. The summed E-state index contributed by atoms with van der Waals surface area (Å²) in [5.41, 5.74) is 0.833. The monoisotopic (exact) mass is 685 g/mol. The number of hydrogen-bond acceptors (Lipinski definition) is 9. The number of carbonyl (C=O) groups is 5. The van der Waals surface area contributed by atoms with Crippen molar-refractivity contribution < 1.29 is 38.2 Å². The van der Waals surface area contributed by atoms with Crippen LogP contribution in [0.25, 0.3) is 21.7 Å². The summed E-state index contributed by atoms with van der Waals surface area (Å²) in [6.45, 7) is 0. The molecule has 11 nitrogen and oxygen atoms in total. The molecular formula is C40H35N3O8. The van der Waals surface area contributed by atoms with Crippen LogP contribution in [0.1, 0.15) is 28.3 Å². The van der Waals surface area contributed by atoms with E-state index in [9.17, 15) is 24.0 Å². The molecule has 2 amide bonds. The van der Waals surface area contributed by atoms with E-state index < -0.39 is 58.6 Å². The summed E-state index contributed by atoms with van der Waals surface area (Å²) >= 11 is 0. The van der Waals surface area contributed by atoms with E-state index in [0.717, 1.165) is 37.7 Å². The highest BCUT2D eigenvalue weighted by Crippen LogP contribution is 2.52. The molecule has 0 bridgehead atoms. The van der Waals surface area contributed by atoms with E-state index in [0.29, 0.717) is 11.1 Å². The molecule has 1 aliphatic carbocycles. The van der Waals surface area contributed by atoms with Crippen molar-refractivity contribution in [2.75, 3.05) is 26.2 Å². The van der Waals surface area contributed by atoms with Crippen molar-refractivity contribution in [3.63, 3.8) is 0 Å². The molecule has 3 heterocycles. The lowest BCUT2D eigenvalue weighted by atomic mass is 9.76. The van der Waals surface area contributed by atoms with Crippen LogP contribution in [0.15, 0.2) is 91.1 Å². The molecule has 258 valence electrons. The van der Waals surface area contributed by atoms with E-state index in [-0.39, 0.29) is 24.9 Å². The van der Waals surface area contributed by atoms with Crippen molar-refractivity contribution in [2.24, 2.45) is 17.3 Å². The normalized spacial score (nSPS) is 23.4. The van der Waals surface area contributed by atoms with Gasteiger partial charge in [0.2, 0.25) is 11.8 Å². The minimum Gasteiger partial charge on any atom is -0.468 e. The number of carbonyl (C=O) groups excluding carboxylic acids is 5. The highest BCUT2D eigenvalue weighted by molar-refractivity contribution is 6.24. The second-order valence-electron chi connectivity index (χ2n) is 13.6. The van der Waals surface area contributed by atoms with Crippen LogP contribution >= 0.6 is 0 Å². The number of hydrogen-bond donors (Lipinski definition) is 2. The number of aromatic nitrogens is 1. The van der Waals surface area contributed by atoms with Gasteiger partial charge in [0, 0.05) is 29.6 Å². The van der Waals surface area contributed by atoms with Gasteiger partial charge in [0.1, 0.15) is 5.54 Å². The Hall–Kier alpha value is -5.81. The first-order valence-corrected chi connectivity index (χ1v) is 16.7. The number of anilines is 1. The van der Waals surface area contributed by atoms with E-state index in [2.05, 4.69) is 10.3 Å². The predicted molar refractivity (Wildman–Crippen MR) is 186 cm³/mol. The standard InChI is InChI=1S/C40H35N3O8/c1-49-36(46)39(37(47)50-2)18-25-14-15-28(17-26(25)19-39)43-34(44)31-32(35(43)45)40(38(48)51-3,20-27-21-41-30-11-7-6-10-29(27)30)42-33(31)24-13-12-22-8-4-5-9-23(22)16-24/h4-17,21,31-33,41-42H,18-20H2,1-3H3/t31-,32-,33-,40-/m0/s1. The molecule has 3 aliphatic rings. The van der Waals surface area contributed by atoms with Gasteiger partial charge in [-0.2, -0.15) is 0 Å². The number of H-pyrrole nitrogens is 1. The van der Waals surface area contributed by atoms with E-state index in [1.807, 2.05) is 72.9 Å². The number of nitrogens with one attached hydrogen (secondary N) is 2. The van der Waals surface area contributed by atoms with Crippen molar-refractivity contribution in [2.45, 2.75) is 30.8 Å². The van der Waals surface area contributed by atoms with Gasteiger partial charge >= 0.3 is 17.9 Å². The number of methoxy groups -OCH3 is 3. The zero-order valence-electron chi connectivity index (χ0n) is 28.2. The number of esters is 3. The summed E-state index contributed by atoms with van der Waals surface area (Å²) < 4.78 is 15.5. The SMILES string of the molecule is COC(=O)C1(C(=O)OC)Cc2ccc(N3C(=O)[C@H]4[C@@H](C3=O)[C@@](Cc3c[nH]c5ccccc35)(C(=O)OC)N[C@H]4c3ccc4ccccc4c3)cc2C1. The molecule has 11 heteroatoms. The van der Waals surface area contributed by atoms with Crippen LogP contribution in [0.3, 0.4) is 0 Å². The van der Waals surface area contributed by atoms with E-state index in [1.165, 1.54) is 21.3 Å². The lowest BCUT2D eigenvalue weighted by molar-refractivity contribution is -0.168. The first-order chi connectivity index (χ1) is 24.7. The maximum Gasteiger partial charge on any atom is 0.327 e. The average Bonchev–Trinajstić information content (AvgIpc) is 3.91. The fourth-order valence-electron chi connectivity index (χ4n) is 8.69. The van der Waals surface area contributed by atoms with Crippen molar-refractivity contribution in [1.29, 1.82) is 0 Å². The maximum atomic E-state index is 14.9. The Balaban J connectivity index is 1.25. The summed E-state index contributed by atoms with van der Waals surface area (Å²) in [6.07, 6.45) is 1.93. The number of ether oxygens (including phenoxy) is 3. The number of aromatic amines is 1. The third-order valence-electron chi connectivity index (χ3n) is 11.1. The van der Waals surface area contributed by atoms with Gasteiger partial charge in [-0.3, -0.25) is 29.3 Å². The molecule has 8 rings (SSSR count). The first-order valence-electron chi connectivity index (χ1n) is 16.7. The zero-order chi connectivity index (χ0) is 35.7. The minimum absolute atomic E-state index is 0.0213. The van der Waals surface area contributed by atoms with Crippen molar-refractivity contribution in [3.05, 3.63) is 113 Å². The number of fused-ring (bicyclic) bond motifs is 4. The molecule has 0 radical (unpaired) electrons. The fraction of sp³-hybridized carbons (Fsp3) is 0.275. The van der Waals surface area contributed by atoms with Crippen molar-refractivity contribution in [3.8, 4) is 0 Å². The van der Waals surface area contributed by atoms with Crippen molar-refractivity contribution >= 4 is 57.1 Å². The highest BCUT2D eigenvalue weighted by atomic mass is 16.5. The van der Waals surface area contributed by atoms with Crippen LogP contribution in [0.5, 0.6) is 0 Å². The number of amides is 2. The van der Waals surface area contributed by atoms with Gasteiger partial charge in [0.05, 0.1) is 38.9 Å². The third kappa shape index (κ3) is 4.71. The Kier molecular flexibility index (Phi) is 7.57. The van der Waals surface area contributed by atoms with Crippen molar-refractivity contribution in [1.82, 2.24) is 10.3 Å². The second kappa shape index (κ2) is 11.9. The number of para-hydroxylation sites is 1. The summed E-state index contributed by atoms with van der Waals surface area (Å²) in [6, 6.07) is 25.7. The number of nitrogens with zero attached hydrogens (tertiary/aromatic N) is 1. The van der Waals surface area contributed by atoms with Crippen LogP contribution in [-0.2, 0) is 57.4 Å². The van der Waals surface area contributed by atoms with Crippen LogP contribution in [-0.4, -0.2) is 61.6 Å². The van der Waals surface area contributed by atoms with Crippen LogP contribution in [0.2, 0.25) is 0 Å². The molecule has 5 aromatic rings. The van der Waals surface area contributed by atoms with Gasteiger partial charge in [0.15, 0.2) is 5.41 Å². The second-order valence-corrected chi connectivity index (χ2v) is 13.6. The van der Waals surface area contributed by atoms with E-state index >= 15 is 0 Å². The van der Waals surface area contributed by atoms with E-state index in [4.69, 9.17) is 14.2 Å². The van der Waals surface area contributed by atoms with Gasteiger partial charge in [-0.15, -0.1) is 0 Å². The summed E-state index contributed by atoms with van der Waals surface area (Å²) in [5.74, 6) is -5.19. The predicted octanol–water partition coefficient (Wildman–Crippen LogP) is 4.36.